The van der Waals surface area contributed by atoms with Crippen LogP contribution in [0.1, 0.15) is 30.9 Å². The average Bonchev–Trinajstić information content (AvgIpc) is 3.11. The smallest absolute Gasteiger partial charge is 0.0749 e. The van der Waals surface area contributed by atoms with Crippen LogP contribution >= 0.6 is 0 Å². The van der Waals surface area contributed by atoms with Crippen molar-refractivity contribution < 1.29 is 4.74 Å². The monoisotopic (exact) mass is 268 g/mol. The lowest BCUT2D eigenvalue weighted by molar-refractivity contribution is 0.0864. The number of ether oxygens (including phenoxy) is 1. The lowest BCUT2D eigenvalue weighted by atomic mass is 9.80. The molecule has 4 atom stereocenters. The van der Waals surface area contributed by atoms with Gasteiger partial charge in [0, 0.05) is 23.5 Å². The summed E-state index contributed by atoms with van der Waals surface area (Å²) in [5.41, 5.74) is 2.43. The summed E-state index contributed by atoms with van der Waals surface area (Å²) >= 11 is 0. The molecule has 2 aromatic rings. The van der Waals surface area contributed by atoms with Crippen molar-refractivity contribution >= 4 is 10.9 Å². The third-order valence-corrected chi connectivity index (χ3v) is 4.89. The first-order valence-corrected chi connectivity index (χ1v) is 7.53. The van der Waals surface area contributed by atoms with Gasteiger partial charge in [-0.3, -0.25) is 4.98 Å². The van der Waals surface area contributed by atoms with E-state index in [4.69, 9.17) is 4.74 Å². The van der Waals surface area contributed by atoms with Crippen molar-refractivity contribution in [2.24, 2.45) is 5.92 Å². The molecule has 2 aliphatic rings. The van der Waals surface area contributed by atoms with Gasteiger partial charge in [0.05, 0.1) is 17.7 Å². The highest BCUT2D eigenvalue weighted by molar-refractivity contribution is 5.82. The zero-order chi connectivity index (χ0) is 13.5. The van der Waals surface area contributed by atoms with Gasteiger partial charge in [-0.15, -0.1) is 0 Å². The predicted molar refractivity (Wildman–Crippen MR) is 79.5 cm³/mol. The lowest BCUT2D eigenvalue weighted by Crippen LogP contribution is -2.32. The van der Waals surface area contributed by atoms with Gasteiger partial charge in [-0.25, -0.2) is 0 Å². The van der Waals surface area contributed by atoms with E-state index in [2.05, 4.69) is 41.6 Å². The number of hydrogen-bond donors (Lipinski definition) is 1. The molecule has 4 unspecified atom stereocenters. The first kappa shape index (κ1) is 12.3. The first-order chi connectivity index (χ1) is 9.86. The summed E-state index contributed by atoms with van der Waals surface area (Å²) in [4.78, 5) is 4.60. The normalized spacial score (nSPS) is 29.9. The minimum absolute atomic E-state index is 0.337. The molecule has 1 aromatic heterocycles. The molecule has 2 saturated heterocycles. The Morgan fingerprint density at radius 2 is 2.15 bits per heavy atom. The largest absolute Gasteiger partial charge is 0.375 e. The van der Waals surface area contributed by atoms with E-state index in [-0.39, 0.29) is 0 Å². The maximum atomic E-state index is 6.04. The fourth-order valence-corrected chi connectivity index (χ4v) is 4.01. The zero-order valence-electron chi connectivity index (χ0n) is 11.8. The summed E-state index contributed by atoms with van der Waals surface area (Å²) in [5.74, 6) is 0.575. The molecular weight excluding hydrogens is 248 g/mol. The third-order valence-electron chi connectivity index (χ3n) is 4.89. The second-order valence-electron chi connectivity index (χ2n) is 5.96. The highest BCUT2D eigenvalue weighted by Gasteiger charge is 2.44. The number of nitrogens with zero attached hydrogens (tertiary/aromatic N) is 1. The van der Waals surface area contributed by atoms with E-state index in [1.165, 1.54) is 30.2 Å². The van der Waals surface area contributed by atoms with E-state index in [1.807, 2.05) is 12.3 Å². The molecule has 3 nitrogen and oxygen atoms in total. The lowest BCUT2D eigenvalue weighted by Gasteiger charge is -2.29. The highest BCUT2D eigenvalue weighted by atomic mass is 16.5. The van der Waals surface area contributed by atoms with Crippen LogP contribution in [0.15, 0.2) is 36.5 Å². The Kier molecular flexibility index (Phi) is 2.97. The molecule has 2 aliphatic heterocycles. The van der Waals surface area contributed by atoms with Crippen LogP contribution in [-0.4, -0.2) is 24.2 Å². The highest BCUT2D eigenvalue weighted by Crippen LogP contribution is 2.45. The zero-order valence-corrected chi connectivity index (χ0v) is 11.8. The molecule has 0 radical (unpaired) electrons. The van der Waals surface area contributed by atoms with E-state index >= 15 is 0 Å². The fraction of sp³-hybridized carbons (Fsp3) is 0.471. The van der Waals surface area contributed by atoms with Crippen LogP contribution in [0.4, 0.5) is 0 Å². The molecule has 2 bridgehead atoms. The number of fused-ring (bicyclic) bond motifs is 3. The van der Waals surface area contributed by atoms with Crippen molar-refractivity contribution in [3.05, 3.63) is 42.1 Å². The van der Waals surface area contributed by atoms with Gasteiger partial charge in [0.25, 0.3) is 0 Å². The van der Waals surface area contributed by atoms with Crippen LogP contribution in [0.3, 0.4) is 0 Å². The minimum atomic E-state index is 0.337. The molecule has 0 amide bonds. The van der Waals surface area contributed by atoms with Gasteiger partial charge in [0.2, 0.25) is 0 Å². The van der Waals surface area contributed by atoms with Crippen LogP contribution in [-0.2, 0) is 4.74 Å². The summed E-state index contributed by atoms with van der Waals surface area (Å²) in [6.07, 6.45) is 6.44. The molecule has 0 aliphatic carbocycles. The van der Waals surface area contributed by atoms with E-state index in [9.17, 15) is 0 Å². The maximum Gasteiger partial charge on any atom is 0.0749 e. The number of para-hydroxylation sites is 1. The molecule has 2 fully saturated rings. The van der Waals surface area contributed by atoms with Gasteiger partial charge >= 0.3 is 0 Å². The average molecular weight is 268 g/mol. The number of benzene rings is 1. The minimum Gasteiger partial charge on any atom is -0.375 e. The Morgan fingerprint density at radius 1 is 1.25 bits per heavy atom. The number of hydrogen-bond acceptors (Lipinski definition) is 3. The van der Waals surface area contributed by atoms with Crippen LogP contribution in [0.5, 0.6) is 0 Å². The number of rotatable bonds is 3. The van der Waals surface area contributed by atoms with Crippen molar-refractivity contribution in [3.63, 3.8) is 0 Å². The van der Waals surface area contributed by atoms with Crippen LogP contribution in [0.2, 0.25) is 0 Å². The van der Waals surface area contributed by atoms with Crippen LogP contribution < -0.4 is 5.32 Å². The SMILES string of the molecule is CNC(c1cccc2cccnc12)C1CC2CCC1O2. The Balaban J connectivity index is 1.76. The molecule has 0 spiro atoms. The van der Waals surface area contributed by atoms with Gasteiger partial charge < -0.3 is 10.1 Å². The standard InChI is InChI=1S/C17H20N2O/c1-18-17(14-10-12-7-8-15(14)20-12)13-6-2-4-11-5-3-9-19-16(11)13/h2-6,9,12,14-15,17-18H,7-8,10H2,1H3. The quantitative estimate of drug-likeness (QED) is 0.929. The van der Waals surface area contributed by atoms with Crippen molar-refractivity contribution in [2.75, 3.05) is 7.05 Å². The number of pyridine rings is 1. The maximum absolute atomic E-state index is 6.04. The summed E-state index contributed by atoms with van der Waals surface area (Å²) in [5, 5.41) is 4.73. The third kappa shape index (κ3) is 1.85. The molecule has 4 rings (SSSR count). The second kappa shape index (κ2) is 4.83. The van der Waals surface area contributed by atoms with Gasteiger partial charge in [0.1, 0.15) is 0 Å². The summed E-state index contributed by atoms with van der Waals surface area (Å²) in [6.45, 7) is 0. The van der Waals surface area contributed by atoms with Crippen LogP contribution in [0.25, 0.3) is 10.9 Å². The summed E-state index contributed by atoms with van der Waals surface area (Å²) in [6, 6.07) is 11.0. The van der Waals surface area contributed by atoms with Gasteiger partial charge in [-0.1, -0.05) is 24.3 Å². The topological polar surface area (TPSA) is 34.2 Å². The predicted octanol–water partition coefficient (Wildman–Crippen LogP) is 3.06. The Hall–Kier alpha value is -1.45. The fourth-order valence-electron chi connectivity index (χ4n) is 4.01. The van der Waals surface area contributed by atoms with Crippen molar-refractivity contribution in [2.45, 2.75) is 37.5 Å². The van der Waals surface area contributed by atoms with Gasteiger partial charge in [-0.2, -0.15) is 0 Å². The molecule has 3 heterocycles. The van der Waals surface area contributed by atoms with E-state index in [0.717, 1.165) is 5.52 Å². The molecule has 20 heavy (non-hydrogen) atoms. The summed E-state index contributed by atoms with van der Waals surface area (Å²) < 4.78 is 6.04. The number of nitrogens with one attached hydrogen (secondary N) is 1. The van der Waals surface area contributed by atoms with E-state index in [0.29, 0.717) is 24.2 Å². The summed E-state index contributed by atoms with van der Waals surface area (Å²) in [7, 11) is 2.05. The van der Waals surface area contributed by atoms with Gasteiger partial charge in [0.15, 0.2) is 0 Å². The molecule has 0 saturated carbocycles. The van der Waals surface area contributed by atoms with Crippen molar-refractivity contribution in [1.29, 1.82) is 0 Å². The van der Waals surface area contributed by atoms with E-state index < -0.39 is 0 Å². The number of aromatic nitrogens is 1. The van der Waals surface area contributed by atoms with Crippen molar-refractivity contribution in [3.8, 4) is 0 Å². The second-order valence-corrected chi connectivity index (χ2v) is 5.96. The van der Waals surface area contributed by atoms with Gasteiger partial charge in [-0.05, 0) is 37.9 Å². The van der Waals surface area contributed by atoms with Crippen molar-refractivity contribution in [1.82, 2.24) is 10.3 Å². The molecule has 104 valence electrons. The Morgan fingerprint density at radius 3 is 2.90 bits per heavy atom. The molecule has 1 aromatic carbocycles. The molecule has 3 heteroatoms. The Bertz CT molecular complexity index is 622. The van der Waals surface area contributed by atoms with Crippen LogP contribution in [0, 0.1) is 5.92 Å². The Labute approximate surface area is 119 Å². The molecular formula is C17H20N2O. The van der Waals surface area contributed by atoms with E-state index in [1.54, 1.807) is 0 Å². The first-order valence-electron chi connectivity index (χ1n) is 7.53. The molecule has 1 N–H and O–H groups in total.